The molecule has 1 saturated heterocycles. The van der Waals surface area contributed by atoms with Crippen molar-refractivity contribution in [3.05, 3.63) is 36.4 Å². The summed E-state index contributed by atoms with van der Waals surface area (Å²) in [7, 11) is 3.34. The zero-order valence-electron chi connectivity index (χ0n) is 12.5. The van der Waals surface area contributed by atoms with Crippen molar-refractivity contribution in [2.24, 2.45) is 0 Å². The zero-order valence-corrected chi connectivity index (χ0v) is 14.1. The third-order valence-corrected chi connectivity index (χ3v) is 3.52. The van der Waals surface area contributed by atoms with Crippen LogP contribution < -0.4 is 14.8 Å². The van der Waals surface area contributed by atoms with E-state index >= 15 is 0 Å². The highest BCUT2D eigenvalue weighted by Gasteiger charge is 2.23. The van der Waals surface area contributed by atoms with Crippen LogP contribution in [0.1, 0.15) is 11.6 Å². The lowest BCUT2D eigenvalue weighted by Crippen LogP contribution is -2.44. The van der Waals surface area contributed by atoms with Gasteiger partial charge in [0.15, 0.2) is 11.5 Å². The highest BCUT2D eigenvalue weighted by molar-refractivity contribution is 5.85. The molecule has 0 aromatic heterocycles. The predicted molar refractivity (Wildman–Crippen MR) is 91.4 cm³/mol. The van der Waals surface area contributed by atoms with Crippen LogP contribution in [0.2, 0.25) is 0 Å². The number of hydrogen-bond acceptors (Lipinski definition) is 4. The van der Waals surface area contributed by atoms with E-state index in [1.807, 2.05) is 18.2 Å². The van der Waals surface area contributed by atoms with Gasteiger partial charge in [-0.3, -0.25) is 4.90 Å². The molecule has 1 heterocycles. The maximum atomic E-state index is 5.53. The van der Waals surface area contributed by atoms with E-state index < -0.39 is 0 Å². The van der Waals surface area contributed by atoms with Gasteiger partial charge in [-0.25, -0.2) is 0 Å². The fourth-order valence-corrected chi connectivity index (χ4v) is 2.58. The summed E-state index contributed by atoms with van der Waals surface area (Å²) >= 11 is 0. The van der Waals surface area contributed by atoms with Gasteiger partial charge in [0.2, 0.25) is 0 Å². The Morgan fingerprint density at radius 1 is 1.19 bits per heavy atom. The quantitative estimate of drug-likeness (QED) is 0.839. The van der Waals surface area contributed by atoms with Gasteiger partial charge >= 0.3 is 0 Å². The minimum Gasteiger partial charge on any atom is -0.493 e. The number of halogens is 2. The molecule has 1 aromatic carbocycles. The summed E-state index contributed by atoms with van der Waals surface area (Å²) in [4.78, 5) is 2.40. The molecule has 4 nitrogen and oxygen atoms in total. The van der Waals surface area contributed by atoms with Crippen molar-refractivity contribution in [2.75, 3.05) is 40.4 Å². The molecule has 21 heavy (non-hydrogen) atoms. The number of piperazine rings is 1. The molecule has 0 radical (unpaired) electrons. The van der Waals surface area contributed by atoms with Crippen molar-refractivity contribution >= 4 is 24.8 Å². The standard InChI is InChI=1S/C15H22N2O2.2ClH/c1-4-13(17-10-8-16-9-11-17)12-6-5-7-14(18-2)15(12)19-3;;/h4-7,13,16H,1,8-11H2,2-3H3;2*1H/t13-;;/m1../s1. The van der Waals surface area contributed by atoms with Crippen molar-refractivity contribution in [2.45, 2.75) is 6.04 Å². The van der Waals surface area contributed by atoms with Gasteiger partial charge < -0.3 is 14.8 Å². The molecule has 1 aromatic rings. The molecule has 1 atom stereocenters. The first-order valence-electron chi connectivity index (χ1n) is 6.60. The van der Waals surface area contributed by atoms with Gasteiger partial charge in [0.05, 0.1) is 20.3 Å². The van der Waals surface area contributed by atoms with E-state index in [1.54, 1.807) is 14.2 Å². The average molecular weight is 335 g/mol. The Hall–Kier alpha value is -0.940. The Bertz CT molecular complexity index is 438. The van der Waals surface area contributed by atoms with Crippen LogP contribution in [-0.4, -0.2) is 45.3 Å². The molecule has 0 aliphatic carbocycles. The van der Waals surface area contributed by atoms with Crippen molar-refractivity contribution in [1.82, 2.24) is 10.2 Å². The van der Waals surface area contributed by atoms with Gasteiger partial charge in [0.25, 0.3) is 0 Å². The second kappa shape index (κ2) is 9.90. The van der Waals surface area contributed by atoms with Gasteiger partial charge in [-0.15, -0.1) is 31.4 Å². The van der Waals surface area contributed by atoms with Gasteiger partial charge in [-0.1, -0.05) is 18.2 Å². The number of benzene rings is 1. The summed E-state index contributed by atoms with van der Waals surface area (Å²) < 4.78 is 10.9. The summed E-state index contributed by atoms with van der Waals surface area (Å²) in [5, 5.41) is 3.36. The summed E-state index contributed by atoms with van der Waals surface area (Å²) in [6.07, 6.45) is 1.97. The topological polar surface area (TPSA) is 33.7 Å². The van der Waals surface area contributed by atoms with E-state index in [9.17, 15) is 0 Å². The van der Waals surface area contributed by atoms with Crippen LogP contribution in [0.5, 0.6) is 11.5 Å². The molecule has 0 amide bonds. The maximum absolute atomic E-state index is 5.53. The molecule has 1 fully saturated rings. The van der Waals surface area contributed by atoms with Gasteiger partial charge in [-0.05, 0) is 6.07 Å². The number of rotatable bonds is 5. The minimum atomic E-state index is 0. The molecule has 6 heteroatoms. The number of ether oxygens (including phenoxy) is 2. The SMILES string of the molecule is C=C[C@H](c1cccc(OC)c1OC)N1CCNCC1.Cl.Cl. The third kappa shape index (κ3) is 4.51. The second-order valence-electron chi connectivity index (χ2n) is 4.55. The molecular weight excluding hydrogens is 311 g/mol. The zero-order chi connectivity index (χ0) is 13.7. The fraction of sp³-hybridized carbons (Fsp3) is 0.467. The number of nitrogens with one attached hydrogen (secondary N) is 1. The summed E-state index contributed by atoms with van der Waals surface area (Å²) in [6.45, 7) is 8.03. The minimum absolute atomic E-state index is 0. The largest absolute Gasteiger partial charge is 0.493 e. The van der Waals surface area contributed by atoms with Crippen LogP contribution in [0.4, 0.5) is 0 Å². The molecule has 2 rings (SSSR count). The number of para-hydroxylation sites is 1. The van der Waals surface area contributed by atoms with Crippen LogP contribution in [0.25, 0.3) is 0 Å². The highest BCUT2D eigenvalue weighted by atomic mass is 35.5. The monoisotopic (exact) mass is 334 g/mol. The maximum Gasteiger partial charge on any atom is 0.165 e. The van der Waals surface area contributed by atoms with Crippen LogP contribution in [0.15, 0.2) is 30.9 Å². The Morgan fingerprint density at radius 3 is 2.38 bits per heavy atom. The van der Waals surface area contributed by atoms with Crippen molar-refractivity contribution < 1.29 is 9.47 Å². The number of hydrogen-bond donors (Lipinski definition) is 1. The third-order valence-electron chi connectivity index (χ3n) is 3.52. The Kier molecular flexibility index (Phi) is 9.46. The predicted octanol–water partition coefficient (Wildman–Crippen LogP) is 2.68. The van der Waals surface area contributed by atoms with Crippen LogP contribution in [-0.2, 0) is 0 Å². The summed E-state index contributed by atoms with van der Waals surface area (Å²) in [6, 6.07) is 6.15. The smallest absolute Gasteiger partial charge is 0.165 e. The average Bonchev–Trinajstić information content (AvgIpc) is 2.48. The molecule has 120 valence electrons. The first kappa shape index (κ1) is 20.1. The molecule has 1 aliphatic heterocycles. The molecule has 1 aliphatic rings. The summed E-state index contributed by atoms with van der Waals surface area (Å²) in [5.41, 5.74) is 1.11. The van der Waals surface area contributed by atoms with Crippen LogP contribution in [0.3, 0.4) is 0 Å². The van der Waals surface area contributed by atoms with Crippen molar-refractivity contribution in [3.63, 3.8) is 0 Å². The lowest BCUT2D eigenvalue weighted by molar-refractivity contribution is 0.199. The van der Waals surface area contributed by atoms with Gasteiger partial charge in [-0.2, -0.15) is 0 Å². The van der Waals surface area contributed by atoms with Crippen LogP contribution in [0, 0.1) is 0 Å². The van der Waals surface area contributed by atoms with E-state index in [2.05, 4.69) is 22.9 Å². The van der Waals surface area contributed by atoms with E-state index in [1.165, 1.54) is 0 Å². The van der Waals surface area contributed by atoms with E-state index in [-0.39, 0.29) is 30.9 Å². The Labute approximate surface area is 139 Å². The lowest BCUT2D eigenvalue weighted by Gasteiger charge is -2.34. The molecule has 0 unspecified atom stereocenters. The molecular formula is C15H24Cl2N2O2. The van der Waals surface area contributed by atoms with Crippen molar-refractivity contribution in [3.8, 4) is 11.5 Å². The lowest BCUT2D eigenvalue weighted by atomic mass is 10.0. The Balaban J connectivity index is 0.00000200. The normalized spacial score (nSPS) is 16.1. The first-order valence-corrected chi connectivity index (χ1v) is 6.60. The Morgan fingerprint density at radius 2 is 1.86 bits per heavy atom. The first-order chi connectivity index (χ1) is 9.31. The van der Waals surface area contributed by atoms with Crippen LogP contribution >= 0.6 is 24.8 Å². The van der Waals surface area contributed by atoms with Crippen molar-refractivity contribution in [1.29, 1.82) is 0 Å². The van der Waals surface area contributed by atoms with E-state index in [4.69, 9.17) is 9.47 Å². The molecule has 0 spiro atoms. The second-order valence-corrected chi connectivity index (χ2v) is 4.55. The fourth-order valence-electron chi connectivity index (χ4n) is 2.58. The highest BCUT2D eigenvalue weighted by Crippen LogP contribution is 2.37. The molecule has 0 bridgehead atoms. The molecule has 0 saturated carbocycles. The number of nitrogens with zero attached hydrogens (tertiary/aromatic N) is 1. The molecule has 1 N–H and O–H groups in total. The number of methoxy groups -OCH3 is 2. The summed E-state index contributed by atoms with van der Waals surface area (Å²) in [5.74, 6) is 1.57. The van der Waals surface area contributed by atoms with E-state index in [0.29, 0.717) is 0 Å². The van der Waals surface area contributed by atoms with Gasteiger partial charge in [0, 0.05) is 31.7 Å². The van der Waals surface area contributed by atoms with E-state index in [0.717, 1.165) is 43.2 Å². The van der Waals surface area contributed by atoms with Gasteiger partial charge in [0.1, 0.15) is 0 Å².